The number of halogens is 1. The number of aldehydes is 1. The third-order valence-electron chi connectivity index (χ3n) is 2.41. The van der Waals surface area contributed by atoms with Gasteiger partial charge < -0.3 is 9.47 Å². The number of hydrogen-bond acceptors (Lipinski definition) is 4. The van der Waals surface area contributed by atoms with Gasteiger partial charge in [-0.05, 0) is 28.1 Å². The Morgan fingerprint density at radius 2 is 2.06 bits per heavy atom. The minimum Gasteiger partial charge on any atom is -0.477 e. The van der Waals surface area contributed by atoms with Gasteiger partial charge in [-0.3, -0.25) is 4.79 Å². The van der Waals surface area contributed by atoms with Crippen LogP contribution < -0.4 is 4.74 Å². The first-order valence-corrected chi connectivity index (χ1v) is 6.28. The molecule has 0 bridgehead atoms. The maximum Gasteiger partial charge on any atom is 0.347 e. The van der Waals surface area contributed by atoms with Crippen LogP contribution in [0.25, 0.3) is 0 Å². The van der Waals surface area contributed by atoms with Crippen LogP contribution in [0.1, 0.15) is 24.2 Å². The summed E-state index contributed by atoms with van der Waals surface area (Å²) in [4.78, 5) is 22.6. The van der Waals surface area contributed by atoms with Gasteiger partial charge in [-0.15, -0.1) is 0 Å². The Kier molecular flexibility index (Phi) is 5.34. The van der Waals surface area contributed by atoms with Crippen molar-refractivity contribution < 1.29 is 19.1 Å². The summed E-state index contributed by atoms with van der Waals surface area (Å²) in [6, 6.07) is 5.10. The van der Waals surface area contributed by atoms with Gasteiger partial charge in [0.05, 0.1) is 17.1 Å². The Morgan fingerprint density at radius 1 is 1.39 bits per heavy atom. The van der Waals surface area contributed by atoms with E-state index in [1.54, 1.807) is 18.2 Å². The summed E-state index contributed by atoms with van der Waals surface area (Å²) in [5.41, 5.74) is 0.388. The van der Waals surface area contributed by atoms with Crippen molar-refractivity contribution in [2.24, 2.45) is 5.92 Å². The van der Waals surface area contributed by atoms with Gasteiger partial charge in [0.25, 0.3) is 0 Å². The molecule has 1 unspecified atom stereocenters. The van der Waals surface area contributed by atoms with E-state index in [2.05, 4.69) is 15.9 Å². The minimum absolute atomic E-state index is 0.0657. The summed E-state index contributed by atoms with van der Waals surface area (Å²) < 4.78 is 10.9. The van der Waals surface area contributed by atoms with Gasteiger partial charge in [0.15, 0.2) is 12.4 Å². The summed E-state index contributed by atoms with van der Waals surface area (Å²) >= 11 is 3.30. The fourth-order valence-corrected chi connectivity index (χ4v) is 1.92. The first kappa shape index (κ1) is 14.7. The lowest BCUT2D eigenvalue weighted by Gasteiger charge is -2.21. The monoisotopic (exact) mass is 314 g/mol. The van der Waals surface area contributed by atoms with Crippen molar-refractivity contribution >= 4 is 28.2 Å². The second kappa shape index (κ2) is 6.54. The molecule has 1 rings (SSSR count). The molecule has 0 spiro atoms. The van der Waals surface area contributed by atoms with Crippen LogP contribution in [0.2, 0.25) is 0 Å². The van der Waals surface area contributed by atoms with E-state index in [1.165, 1.54) is 7.11 Å². The highest BCUT2D eigenvalue weighted by Crippen LogP contribution is 2.30. The lowest BCUT2D eigenvalue weighted by Crippen LogP contribution is -2.34. The third kappa shape index (κ3) is 3.32. The number of ether oxygens (including phenoxy) is 2. The van der Waals surface area contributed by atoms with Crippen molar-refractivity contribution in [3.05, 3.63) is 28.2 Å². The van der Waals surface area contributed by atoms with Crippen molar-refractivity contribution in [2.45, 2.75) is 20.0 Å². The summed E-state index contributed by atoms with van der Waals surface area (Å²) in [7, 11) is 1.31. The number of para-hydroxylation sites is 1. The van der Waals surface area contributed by atoms with Crippen LogP contribution in [0.3, 0.4) is 0 Å². The molecule has 1 aromatic rings. The van der Waals surface area contributed by atoms with Crippen molar-refractivity contribution in [3.63, 3.8) is 0 Å². The molecular formula is C13H15BrO4. The minimum atomic E-state index is -0.743. The number of methoxy groups -OCH3 is 1. The summed E-state index contributed by atoms with van der Waals surface area (Å²) in [6.07, 6.45) is -0.0539. The number of hydrogen-bond donors (Lipinski definition) is 0. The predicted octanol–water partition coefficient (Wildman–Crippen LogP) is 2.84. The largest absolute Gasteiger partial charge is 0.477 e. The number of carbonyl (C=O) groups excluding carboxylic acids is 2. The van der Waals surface area contributed by atoms with Crippen LogP contribution in [0, 0.1) is 5.92 Å². The van der Waals surface area contributed by atoms with Gasteiger partial charge in [0.1, 0.15) is 5.75 Å². The van der Waals surface area contributed by atoms with Gasteiger partial charge >= 0.3 is 5.97 Å². The molecule has 0 saturated heterocycles. The standard InChI is InChI=1S/C13H15BrO4/c1-8(2)11(13(16)17-3)18-12-9(7-15)5-4-6-10(12)14/h4-8,11H,1-3H3. The molecule has 18 heavy (non-hydrogen) atoms. The predicted molar refractivity (Wildman–Crippen MR) is 70.8 cm³/mol. The molecule has 0 aliphatic carbocycles. The Labute approximate surface area is 114 Å². The van der Waals surface area contributed by atoms with E-state index in [0.717, 1.165) is 0 Å². The third-order valence-corrected chi connectivity index (χ3v) is 3.03. The highest BCUT2D eigenvalue weighted by Gasteiger charge is 2.26. The molecule has 4 nitrogen and oxygen atoms in total. The van der Waals surface area contributed by atoms with E-state index in [4.69, 9.17) is 9.47 Å². The fourth-order valence-electron chi connectivity index (χ4n) is 1.44. The molecule has 0 aromatic heterocycles. The van der Waals surface area contributed by atoms with E-state index in [1.807, 2.05) is 13.8 Å². The smallest absolute Gasteiger partial charge is 0.347 e. The van der Waals surface area contributed by atoms with E-state index in [0.29, 0.717) is 22.1 Å². The van der Waals surface area contributed by atoms with Gasteiger partial charge in [0.2, 0.25) is 0 Å². The topological polar surface area (TPSA) is 52.6 Å². The zero-order valence-electron chi connectivity index (χ0n) is 10.5. The second-order valence-electron chi connectivity index (χ2n) is 4.08. The van der Waals surface area contributed by atoms with E-state index >= 15 is 0 Å². The van der Waals surface area contributed by atoms with E-state index in [-0.39, 0.29) is 5.92 Å². The van der Waals surface area contributed by atoms with Crippen molar-refractivity contribution in [3.8, 4) is 5.75 Å². The Hall–Kier alpha value is -1.36. The van der Waals surface area contributed by atoms with Crippen LogP contribution in [0.5, 0.6) is 5.75 Å². The average Bonchev–Trinajstić information content (AvgIpc) is 2.35. The zero-order valence-corrected chi connectivity index (χ0v) is 12.1. The summed E-state index contributed by atoms with van der Waals surface area (Å²) in [5.74, 6) is -0.168. The first-order chi connectivity index (χ1) is 8.51. The maximum absolute atomic E-state index is 11.6. The van der Waals surface area contributed by atoms with Gasteiger partial charge in [-0.25, -0.2) is 4.79 Å². The lowest BCUT2D eigenvalue weighted by molar-refractivity contribution is -0.150. The van der Waals surface area contributed by atoms with Gasteiger partial charge in [-0.1, -0.05) is 19.9 Å². The summed E-state index contributed by atoms with van der Waals surface area (Å²) in [6.45, 7) is 3.69. The Morgan fingerprint density at radius 3 is 2.56 bits per heavy atom. The molecule has 0 aliphatic rings. The molecule has 0 amide bonds. The van der Waals surface area contributed by atoms with Crippen molar-refractivity contribution in [1.29, 1.82) is 0 Å². The number of carbonyl (C=O) groups is 2. The van der Waals surface area contributed by atoms with Crippen molar-refractivity contribution in [1.82, 2.24) is 0 Å². The maximum atomic E-state index is 11.6. The lowest BCUT2D eigenvalue weighted by atomic mass is 10.1. The molecule has 1 aromatic carbocycles. The number of benzene rings is 1. The Balaban J connectivity index is 3.07. The molecule has 0 fully saturated rings. The quantitative estimate of drug-likeness (QED) is 0.619. The molecule has 0 heterocycles. The molecule has 1 atom stereocenters. The van der Waals surface area contributed by atoms with E-state index < -0.39 is 12.1 Å². The average molecular weight is 315 g/mol. The highest BCUT2D eigenvalue weighted by atomic mass is 79.9. The molecule has 0 aliphatic heterocycles. The van der Waals surface area contributed by atoms with Gasteiger partial charge in [0, 0.05) is 5.92 Å². The molecule has 98 valence electrons. The molecular weight excluding hydrogens is 300 g/mol. The second-order valence-corrected chi connectivity index (χ2v) is 4.94. The fraction of sp³-hybridized carbons (Fsp3) is 0.385. The number of rotatable bonds is 5. The normalized spacial score (nSPS) is 12.1. The Bertz CT molecular complexity index is 443. The van der Waals surface area contributed by atoms with Crippen molar-refractivity contribution in [2.75, 3.05) is 7.11 Å². The number of esters is 1. The van der Waals surface area contributed by atoms with Gasteiger partial charge in [-0.2, -0.15) is 0 Å². The first-order valence-electron chi connectivity index (χ1n) is 5.49. The molecule has 0 saturated carbocycles. The zero-order chi connectivity index (χ0) is 13.7. The highest BCUT2D eigenvalue weighted by molar-refractivity contribution is 9.10. The summed E-state index contributed by atoms with van der Waals surface area (Å²) in [5, 5.41) is 0. The molecule has 0 radical (unpaired) electrons. The van der Waals surface area contributed by atoms with Crippen LogP contribution in [0.4, 0.5) is 0 Å². The van der Waals surface area contributed by atoms with Crippen LogP contribution in [-0.2, 0) is 9.53 Å². The van der Waals surface area contributed by atoms with Crippen LogP contribution >= 0.6 is 15.9 Å². The van der Waals surface area contributed by atoms with E-state index in [9.17, 15) is 9.59 Å². The molecule has 0 N–H and O–H groups in total. The van der Waals surface area contributed by atoms with Crippen LogP contribution in [0.15, 0.2) is 22.7 Å². The SMILES string of the molecule is COC(=O)C(Oc1c(Br)cccc1C=O)C(C)C. The van der Waals surface area contributed by atoms with Crippen LogP contribution in [-0.4, -0.2) is 25.5 Å². The molecule has 5 heteroatoms.